The first kappa shape index (κ1) is 13.9. The van der Waals surface area contributed by atoms with E-state index in [0.29, 0.717) is 11.1 Å². The van der Waals surface area contributed by atoms with Gasteiger partial charge in [0, 0.05) is 31.6 Å². The van der Waals surface area contributed by atoms with Crippen LogP contribution in [0.25, 0.3) is 0 Å². The van der Waals surface area contributed by atoms with Gasteiger partial charge in [0.15, 0.2) is 0 Å². The van der Waals surface area contributed by atoms with Crippen molar-refractivity contribution in [2.75, 3.05) is 19.0 Å². The Morgan fingerprint density at radius 3 is 2.45 bits per heavy atom. The largest absolute Gasteiger partial charge is 0.378 e. The Hall–Kier alpha value is -2.49. The molecule has 4 heteroatoms. The molecule has 0 fully saturated rings. The Kier molecular flexibility index (Phi) is 4.25. The van der Waals surface area contributed by atoms with E-state index >= 15 is 0 Å². The standard InChI is InChI=1S/C16H15FN2O/c1-19(2)15-8-6-13(7-9-15)16(20)18-11-12-4-3-5-14(17)10-12/h3-11H,1-2H3. The summed E-state index contributed by atoms with van der Waals surface area (Å²) in [5.41, 5.74) is 2.07. The van der Waals surface area contributed by atoms with Gasteiger partial charge in [-0.3, -0.25) is 4.79 Å². The summed E-state index contributed by atoms with van der Waals surface area (Å²) in [6, 6.07) is 13.1. The molecular formula is C16H15FN2O. The van der Waals surface area contributed by atoms with Crippen molar-refractivity contribution < 1.29 is 9.18 Å². The summed E-state index contributed by atoms with van der Waals surface area (Å²) >= 11 is 0. The van der Waals surface area contributed by atoms with Crippen molar-refractivity contribution >= 4 is 17.8 Å². The van der Waals surface area contributed by atoms with Crippen molar-refractivity contribution in [3.05, 3.63) is 65.5 Å². The molecule has 0 unspecified atom stereocenters. The van der Waals surface area contributed by atoms with Crippen LogP contribution in [0.2, 0.25) is 0 Å². The van der Waals surface area contributed by atoms with Crippen LogP contribution >= 0.6 is 0 Å². The number of rotatable bonds is 3. The molecule has 0 atom stereocenters. The van der Waals surface area contributed by atoms with Crippen molar-refractivity contribution in [3.8, 4) is 0 Å². The van der Waals surface area contributed by atoms with Crippen LogP contribution in [0.1, 0.15) is 15.9 Å². The molecule has 2 aromatic carbocycles. The van der Waals surface area contributed by atoms with E-state index in [1.165, 1.54) is 18.3 Å². The molecule has 1 amide bonds. The number of benzene rings is 2. The van der Waals surface area contributed by atoms with E-state index < -0.39 is 0 Å². The number of carbonyl (C=O) groups excluding carboxylic acids is 1. The van der Waals surface area contributed by atoms with E-state index in [9.17, 15) is 9.18 Å². The molecule has 0 N–H and O–H groups in total. The van der Waals surface area contributed by atoms with Gasteiger partial charge in [-0.2, -0.15) is 0 Å². The average Bonchev–Trinajstić information content (AvgIpc) is 2.45. The van der Waals surface area contributed by atoms with Gasteiger partial charge in [0.1, 0.15) is 5.82 Å². The maximum absolute atomic E-state index is 13.0. The summed E-state index contributed by atoms with van der Waals surface area (Å²) < 4.78 is 13.0. The average molecular weight is 270 g/mol. The third kappa shape index (κ3) is 3.51. The van der Waals surface area contributed by atoms with Crippen LogP contribution in [0, 0.1) is 5.82 Å². The lowest BCUT2D eigenvalue weighted by Crippen LogP contribution is -2.08. The maximum atomic E-state index is 13.0. The zero-order valence-electron chi connectivity index (χ0n) is 11.4. The quantitative estimate of drug-likeness (QED) is 0.803. The number of nitrogens with zero attached hydrogens (tertiary/aromatic N) is 2. The van der Waals surface area contributed by atoms with E-state index in [0.717, 1.165) is 5.69 Å². The number of hydrogen-bond donors (Lipinski definition) is 0. The first-order valence-corrected chi connectivity index (χ1v) is 6.17. The lowest BCUT2D eigenvalue weighted by atomic mass is 10.2. The molecule has 0 radical (unpaired) electrons. The molecule has 102 valence electrons. The highest BCUT2D eigenvalue weighted by molar-refractivity contribution is 6.01. The van der Waals surface area contributed by atoms with Crippen LogP contribution in [0.15, 0.2) is 53.5 Å². The minimum absolute atomic E-state index is 0.348. The summed E-state index contributed by atoms with van der Waals surface area (Å²) in [4.78, 5) is 17.7. The fraction of sp³-hybridized carbons (Fsp3) is 0.125. The summed E-state index contributed by atoms with van der Waals surface area (Å²) in [7, 11) is 3.86. The molecule has 0 aliphatic carbocycles. The first-order valence-electron chi connectivity index (χ1n) is 6.17. The molecule has 0 spiro atoms. The monoisotopic (exact) mass is 270 g/mol. The Morgan fingerprint density at radius 1 is 1.15 bits per heavy atom. The summed E-state index contributed by atoms with van der Waals surface area (Å²) in [6.07, 6.45) is 1.37. The van der Waals surface area contributed by atoms with Crippen molar-refractivity contribution in [1.82, 2.24) is 0 Å². The topological polar surface area (TPSA) is 32.7 Å². The second-order valence-corrected chi connectivity index (χ2v) is 4.56. The van der Waals surface area contributed by atoms with Crippen molar-refractivity contribution in [3.63, 3.8) is 0 Å². The van der Waals surface area contributed by atoms with Gasteiger partial charge >= 0.3 is 0 Å². The fourth-order valence-electron chi connectivity index (χ4n) is 1.70. The molecule has 0 saturated carbocycles. The Labute approximate surface area is 117 Å². The summed E-state index contributed by atoms with van der Waals surface area (Å²) in [5, 5.41) is 0. The van der Waals surface area contributed by atoms with Gasteiger partial charge in [0.05, 0.1) is 0 Å². The number of hydrogen-bond acceptors (Lipinski definition) is 2. The number of aliphatic imine (C=N–C) groups is 1. The maximum Gasteiger partial charge on any atom is 0.276 e. The number of halogens is 1. The molecule has 2 rings (SSSR count). The number of amides is 1. The first-order chi connectivity index (χ1) is 9.56. The van der Waals surface area contributed by atoms with Crippen LogP contribution in [0.3, 0.4) is 0 Å². The SMILES string of the molecule is CN(C)c1ccc(C(=O)N=Cc2cccc(F)c2)cc1. The van der Waals surface area contributed by atoms with Crippen LogP contribution in [-0.4, -0.2) is 26.2 Å². The second kappa shape index (κ2) is 6.10. The summed E-state index contributed by atoms with van der Waals surface area (Å²) in [5.74, 6) is -0.698. The minimum Gasteiger partial charge on any atom is -0.378 e. The highest BCUT2D eigenvalue weighted by Crippen LogP contribution is 2.13. The van der Waals surface area contributed by atoms with Crippen LogP contribution in [0.5, 0.6) is 0 Å². The minimum atomic E-state index is -0.350. The summed E-state index contributed by atoms with van der Waals surface area (Å²) in [6.45, 7) is 0. The van der Waals surface area contributed by atoms with Gasteiger partial charge in [0.2, 0.25) is 0 Å². The third-order valence-corrected chi connectivity index (χ3v) is 2.81. The van der Waals surface area contributed by atoms with Crippen molar-refractivity contribution in [2.45, 2.75) is 0 Å². The number of carbonyl (C=O) groups is 1. The van der Waals surface area contributed by atoms with E-state index in [4.69, 9.17) is 0 Å². The van der Waals surface area contributed by atoms with Crippen LogP contribution in [0.4, 0.5) is 10.1 Å². The molecule has 0 heterocycles. The van der Waals surface area contributed by atoms with Crippen molar-refractivity contribution in [2.24, 2.45) is 4.99 Å². The van der Waals surface area contributed by atoms with E-state index in [2.05, 4.69) is 4.99 Å². The van der Waals surface area contributed by atoms with E-state index in [-0.39, 0.29) is 11.7 Å². The Morgan fingerprint density at radius 2 is 1.85 bits per heavy atom. The molecule has 0 aliphatic heterocycles. The fourth-order valence-corrected chi connectivity index (χ4v) is 1.70. The second-order valence-electron chi connectivity index (χ2n) is 4.56. The molecular weight excluding hydrogens is 255 g/mol. The van der Waals surface area contributed by atoms with Gasteiger partial charge in [-0.05, 0) is 42.0 Å². The lowest BCUT2D eigenvalue weighted by Gasteiger charge is -2.11. The van der Waals surface area contributed by atoms with Gasteiger partial charge < -0.3 is 4.90 Å². The van der Waals surface area contributed by atoms with Gasteiger partial charge in [0.25, 0.3) is 5.91 Å². The Balaban J connectivity index is 2.11. The van der Waals surface area contributed by atoms with E-state index in [1.54, 1.807) is 24.3 Å². The van der Waals surface area contributed by atoms with Gasteiger partial charge in [-0.25, -0.2) is 9.38 Å². The number of anilines is 1. The third-order valence-electron chi connectivity index (χ3n) is 2.81. The smallest absolute Gasteiger partial charge is 0.276 e. The predicted octanol–water partition coefficient (Wildman–Crippen LogP) is 3.15. The molecule has 0 aromatic heterocycles. The van der Waals surface area contributed by atoms with Crippen LogP contribution < -0.4 is 4.90 Å². The zero-order valence-corrected chi connectivity index (χ0v) is 11.4. The predicted molar refractivity (Wildman–Crippen MR) is 79.1 cm³/mol. The Bertz CT molecular complexity index is 633. The van der Waals surface area contributed by atoms with Gasteiger partial charge in [-0.15, -0.1) is 0 Å². The molecule has 0 aliphatic rings. The zero-order chi connectivity index (χ0) is 14.5. The van der Waals surface area contributed by atoms with E-state index in [1.807, 2.05) is 31.1 Å². The molecule has 3 nitrogen and oxygen atoms in total. The molecule has 0 saturated heterocycles. The highest BCUT2D eigenvalue weighted by Gasteiger charge is 2.03. The van der Waals surface area contributed by atoms with Crippen molar-refractivity contribution in [1.29, 1.82) is 0 Å². The molecule has 20 heavy (non-hydrogen) atoms. The lowest BCUT2D eigenvalue weighted by molar-refractivity contribution is 0.100. The van der Waals surface area contributed by atoms with Gasteiger partial charge in [-0.1, -0.05) is 12.1 Å². The molecule has 0 bridgehead atoms. The highest BCUT2D eigenvalue weighted by atomic mass is 19.1. The van der Waals surface area contributed by atoms with Crippen LogP contribution in [-0.2, 0) is 0 Å². The molecule has 2 aromatic rings. The normalized spacial score (nSPS) is 10.8.